The minimum atomic E-state index is -0.549. The molecule has 0 radical (unpaired) electrons. The number of rotatable bonds is 4. The Labute approximate surface area is 126 Å². The zero-order valence-electron chi connectivity index (χ0n) is 12.9. The van der Waals surface area contributed by atoms with Gasteiger partial charge in [0.05, 0.1) is 0 Å². The molecule has 0 spiro atoms. The van der Waals surface area contributed by atoms with Gasteiger partial charge in [0.15, 0.2) is 6.10 Å². The van der Waals surface area contributed by atoms with Crippen LogP contribution in [0.1, 0.15) is 23.6 Å². The number of hydrogen-bond acceptors (Lipinski definition) is 2. The highest BCUT2D eigenvalue weighted by Crippen LogP contribution is 2.18. The van der Waals surface area contributed by atoms with Crippen molar-refractivity contribution < 1.29 is 9.53 Å². The van der Waals surface area contributed by atoms with Crippen molar-refractivity contribution in [2.24, 2.45) is 0 Å². The number of hydrogen-bond donors (Lipinski definition) is 1. The Morgan fingerprint density at radius 1 is 1.05 bits per heavy atom. The zero-order chi connectivity index (χ0) is 15.4. The molecule has 0 bridgehead atoms. The van der Waals surface area contributed by atoms with Gasteiger partial charge in [-0.25, -0.2) is 0 Å². The summed E-state index contributed by atoms with van der Waals surface area (Å²) in [5, 5.41) is 2.86. The first kappa shape index (κ1) is 15.1. The molecule has 0 aliphatic heterocycles. The van der Waals surface area contributed by atoms with Gasteiger partial charge in [0.25, 0.3) is 5.91 Å². The second kappa shape index (κ2) is 6.44. The number of nitrogens with one attached hydrogen (secondary N) is 1. The highest BCUT2D eigenvalue weighted by Gasteiger charge is 2.15. The third-order valence-electron chi connectivity index (χ3n) is 3.45. The fraction of sp³-hybridized carbons (Fsp3) is 0.278. The first-order chi connectivity index (χ1) is 9.95. The Bertz CT molecular complexity index is 649. The van der Waals surface area contributed by atoms with E-state index in [4.69, 9.17) is 4.74 Å². The number of carbonyl (C=O) groups is 1. The molecule has 0 aliphatic carbocycles. The predicted octanol–water partition coefficient (Wildman–Crippen LogP) is 4.02. The Balaban J connectivity index is 2.00. The summed E-state index contributed by atoms with van der Waals surface area (Å²) in [6.07, 6.45) is -0.549. The molecule has 2 rings (SSSR count). The summed E-state index contributed by atoms with van der Waals surface area (Å²) < 4.78 is 5.70. The molecule has 0 aliphatic rings. The van der Waals surface area contributed by atoms with Crippen LogP contribution < -0.4 is 10.1 Å². The van der Waals surface area contributed by atoms with Crippen molar-refractivity contribution in [1.29, 1.82) is 0 Å². The molecule has 21 heavy (non-hydrogen) atoms. The van der Waals surface area contributed by atoms with Crippen LogP contribution in [0.4, 0.5) is 5.69 Å². The van der Waals surface area contributed by atoms with E-state index in [9.17, 15) is 4.79 Å². The van der Waals surface area contributed by atoms with Gasteiger partial charge in [0.1, 0.15) is 5.75 Å². The van der Waals surface area contributed by atoms with Crippen LogP contribution in [0.2, 0.25) is 0 Å². The number of ether oxygens (including phenoxy) is 1. The summed E-state index contributed by atoms with van der Waals surface area (Å²) in [5.41, 5.74) is 4.25. The standard InChI is InChI=1S/C18H21NO2/c1-12-6-5-7-16(10-12)19-18(20)15(4)21-17-9-8-13(2)14(3)11-17/h5-11,15H,1-4H3,(H,19,20). The molecule has 3 nitrogen and oxygen atoms in total. The molecule has 3 heteroatoms. The third kappa shape index (κ3) is 4.09. The van der Waals surface area contributed by atoms with Crippen LogP contribution in [0, 0.1) is 20.8 Å². The van der Waals surface area contributed by atoms with E-state index in [2.05, 4.69) is 5.32 Å². The maximum atomic E-state index is 12.1. The smallest absolute Gasteiger partial charge is 0.265 e. The van der Waals surface area contributed by atoms with Crippen LogP contribution in [0.3, 0.4) is 0 Å². The van der Waals surface area contributed by atoms with Crippen molar-refractivity contribution in [3.63, 3.8) is 0 Å². The van der Waals surface area contributed by atoms with Crippen molar-refractivity contribution in [2.45, 2.75) is 33.8 Å². The SMILES string of the molecule is Cc1cccc(NC(=O)C(C)Oc2ccc(C)c(C)c2)c1. The average Bonchev–Trinajstić information content (AvgIpc) is 2.43. The van der Waals surface area contributed by atoms with E-state index in [1.807, 2.05) is 63.2 Å². The topological polar surface area (TPSA) is 38.3 Å². The Hall–Kier alpha value is -2.29. The number of amides is 1. The Morgan fingerprint density at radius 2 is 1.81 bits per heavy atom. The summed E-state index contributed by atoms with van der Waals surface area (Å²) >= 11 is 0. The van der Waals surface area contributed by atoms with Crippen LogP contribution in [0.15, 0.2) is 42.5 Å². The van der Waals surface area contributed by atoms with Gasteiger partial charge in [-0.2, -0.15) is 0 Å². The van der Waals surface area contributed by atoms with Gasteiger partial charge in [0.2, 0.25) is 0 Å². The van der Waals surface area contributed by atoms with E-state index < -0.39 is 6.10 Å². The van der Waals surface area contributed by atoms with Crippen LogP contribution in [0.25, 0.3) is 0 Å². The minimum Gasteiger partial charge on any atom is -0.481 e. The molecule has 1 atom stereocenters. The van der Waals surface area contributed by atoms with Crippen molar-refractivity contribution in [3.05, 3.63) is 59.2 Å². The monoisotopic (exact) mass is 283 g/mol. The molecule has 2 aromatic rings. The molecule has 0 heterocycles. The van der Waals surface area contributed by atoms with E-state index in [0.717, 1.165) is 16.8 Å². The second-order valence-corrected chi connectivity index (χ2v) is 5.36. The van der Waals surface area contributed by atoms with Crippen molar-refractivity contribution in [2.75, 3.05) is 5.32 Å². The summed E-state index contributed by atoms with van der Waals surface area (Å²) in [4.78, 5) is 12.1. The molecular weight excluding hydrogens is 262 g/mol. The summed E-state index contributed by atoms with van der Waals surface area (Å²) in [6.45, 7) is 7.82. The van der Waals surface area contributed by atoms with Crippen molar-refractivity contribution in [1.82, 2.24) is 0 Å². The molecule has 0 aromatic heterocycles. The van der Waals surface area contributed by atoms with Gasteiger partial charge in [-0.3, -0.25) is 4.79 Å². The third-order valence-corrected chi connectivity index (χ3v) is 3.45. The molecule has 0 saturated carbocycles. The normalized spacial score (nSPS) is 11.8. The van der Waals surface area contributed by atoms with Gasteiger partial charge in [-0.15, -0.1) is 0 Å². The van der Waals surface area contributed by atoms with Crippen LogP contribution in [-0.4, -0.2) is 12.0 Å². The number of aryl methyl sites for hydroxylation is 3. The highest BCUT2D eigenvalue weighted by molar-refractivity contribution is 5.94. The van der Waals surface area contributed by atoms with Crippen LogP contribution in [0.5, 0.6) is 5.75 Å². The number of anilines is 1. The van der Waals surface area contributed by atoms with Crippen molar-refractivity contribution in [3.8, 4) is 5.75 Å². The van der Waals surface area contributed by atoms with E-state index in [-0.39, 0.29) is 5.91 Å². The molecule has 1 amide bonds. The van der Waals surface area contributed by atoms with E-state index in [1.54, 1.807) is 6.92 Å². The molecule has 0 fully saturated rings. The number of benzene rings is 2. The zero-order valence-corrected chi connectivity index (χ0v) is 12.9. The fourth-order valence-electron chi connectivity index (χ4n) is 2.01. The molecule has 1 unspecified atom stereocenters. The maximum Gasteiger partial charge on any atom is 0.265 e. The molecule has 110 valence electrons. The lowest BCUT2D eigenvalue weighted by atomic mass is 10.1. The second-order valence-electron chi connectivity index (χ2n) is 5.36. The minimum absolute atomic E-state index is 0.154. The van der Waals surface area contributed by atoms with Gasteiger partial charge < -0.3 is 10.1 Å². The van der Waals surface area contributed by atoms with Gasteiger partial charge in [-0.05, 0) is 68.7 Å². The van der Waals surface area contributed by atoms with Gasteiger partial charge in [-0.1, -0.05) is 18.2 Å². The largest absolute Gasteiger partial charge is 0.481 e. The first-order valence-corrected chi connectivity index (χ1v) is 7.07. The van der Waals surface area contributed by atoms with Crippen LogP contribution >= 0.6 is 0 Å². The van der Waals surface area contributed by atoms with Gasteiger partial charge >= 0.3 is 0 Å². The Morgan fingerprint density at radius 3 is 2.48 bits per heavy atom. The summed E-state index contributed by atoms with van der Waals surface area (Å²) in [5.74, 6) is 0.559. The fourth-order valence-corrected chi connectivity index (χ4v) is 2.01. The van der Waals surface area contributed by atoms with Crippen molar-refractivity contribution >= 4 is 11.6 Å². The summed E-state index contributed by atoms with van der Waals surface area (Å²) in [6, 6.07) is 13.5. The van der Waals surface area contributed by atoms with E-state index in [0.29, 0.717) is 5.75 Å². The Kier molecular flexibility index (Phi) is 4.63. The lowest BCUT2D eigenvalue weighted by Crippen LogP contribution is -2.30. The van der Waals surface area contributed by atoms with Crippen LogP contribution in [-0.2, 0) is 4.79 Å². The molecule has 0 saturated heterocycles. The van der Waals surface area contributed by atoms with E-state index >= 15 is 0 Å². The molecule has 1 N–H and O–H groups in total. The quantitative estimate of drug-likeness (QED) is 0.920. The predicted molar refractivity (Wildman–Crippen MR) is 85.8 cm³/mol. The highest BCUT2D eigenvalue weighted by atomic mass is 16.5. The van der Waals surface area contributed by atoms with Gasteiger partial charge in [0, 0.05) is 5.69 Å². The van der Waals surface area contributed by atoms with E-state index in [1.165, 1.54) is 5.56 Å². The lowest BCUT2D eigenvalue weighted by molar-refractivity contribution is -0.122. The maximum absolute atomic E-state index is 12.1. The first-order valence-electron chi connectivity index (χ1n) is 7.07. The summed E-state index contributed by atoms with van der Waals surface area (Å²) in [7, 11) is 0. The number of carbonyl (C=O) groups excluding carboxylic acids is 1. The molecule has 2 aromatic carbocycles. The molecular formula is C18H21NO2. The average molecular weight is 283 g/mol. The lowest BCUT2D eigenvalue weighted by Gasteiger charge is -2.15.